The fourth-order valence-corrected chi connectivity index (χ4v) is 4.57. The van der Waals surface area contributed by atoms with E-state index in [9.17, 15) is 4.39 Å². The molecule has 2 aromatic carbocycles. The lowest BCUT2D eigenvalue weighted by Gasteiger charge is -2.31. The molecule has 1 atom stereocenters. The van der Waals surface area contributed by atoms with Crippen molar-refractivity contribution in [1.82, 2.24) is 19.9 Å². The van der Waals surface area contributed by atoms with Crippen molar-refractivity contribution in [2.45, 2.75) is 32.2 Å². The van der Waals surface area contributed by atoms with Gasteiger partial charge in [0, 0.05) is 19.0 Å². The van der Waals surface area contributed by atoms with Crippen LogP contribution in [0.4, 0.5) is 4.39 Å². The molecule has 2 aromatic heterocycles. The molecule has 0 saturated carbocycles. The summed E-state index contributed by atoms with van der Waals surface area (Å²) in [6.07, 6.45) is 2.10. The van der Waals surface area contributed by atoms with Gasteiger partial charge in [-0.15, -0.1) is 0 Å². The van der Waals surface area contributed by atoms with Crippen LogP contribution in [0.3, 0.4) is 0 Å². The average molecular weight is 451 g/mol. The number of likely N-dealkylation sites (tertiary alicyclic amines) is 1. The van der Waals surface area contributed by atoms with Crippen LogP contribution in [-0.2, 0) is 6.54 Å². The summed E-state index contributed by atoms with van der Waals surface area (Å²) in [4.78, 5) is 15.2. The summed E-state index contributed by atoms with van der Waals surface area (Å²) in [5.74, 6) is 3.47. The highest BCUT2D eigenvalue weighted by atomic mass is 19.1. The molecule has 0 aliphatic carbocycles. The number of hydrogen-bond donors (Lipinski definition) is 1. The van der Waals surface area contributed by atoms with Crippen molar-refractivity contribution in [2.24, 2.45) is 0 Å². The number of oxazole rings is 1. The van der Waals surface area contributed by atoms with Crippen molar-refractivity contribution in [3.05, 3.63) is 59.5 Å². The highest BCUT2D eigenvalue weighted by Crippen LogP contribution is 2.38. The molecule has 172 valence electrons. The molecule has 5 rings (SSSR count). The topological polar surface area (TPSA) is 76.4 Å². The molecule has 1 fully saturated rings. The third kappa shape index (κ3) is 4.18. The van der Waals surface area contributed by atoms with Gasteiger partial charge in [-0.05, 0) is 56.6 Å². The monoisotopic (exact) mass is 450 g/mol. The lowest BCUT2D eigenvalue weighted by atomic mass is 9.97. The van der Waals surface area contributed by atoms with E-state index in [1.165, 1.54) is 12.1 Å². The van der Waals surface area contributed by atoms with Crippen LogP contribution >= 0.6 is 0 Å². The number of aromatic amines is 1. The quantitative estimate of drug-likeness (QED) is 0.442. The van der Waals surface area contributed by atoms with Crippen molar-refractivity contribution >= 4 is 11.0 Å². The zero-order chi connectivity index (χ0) is 22.9. The smallest absolute Gasteiger partial charge is 0.230 e. The molecular formula is C25H27FN4O3. The molecule has 1 unspecified atom stereocenters. The van der Waals surface area contributed by atoms with Crippen LogP contribution in [0.15, 0.2) is 40.8 Å². The van der Waals surface area contributed by atoms with E-state index in [2.05, 4.69) is 9.88 Å². The van der Waals surface area contributed by atoms with Gasteiger partial charge in [0.15, 0.2) is 11.5 Å². The number of methoxy groups -OCH3 is 2. The second-order valence-electron chi connectivity index (χ2n) is 8.42. The molecule has 1 saturated heterocycles. The van der Waals surface area contributed by atoms with Crippen molar-refractivity contribution in [2.75, 3.05) is 27.3 Å². The molecule has 0 amide bonds. The van der Waals surface area contributed by atoms with Crippen molar-refractivity contribution < 1.29 is 18.3 Å². The Morgan fingerprint density at radius 1 is 1.18 bits per heavy atom. The zero-order valence-corrected chi connectivity index (χ0v) is 19.0. The first-order valence-electron chi connectivity index (χ1n) is 11.1. The van der Waals surface area contributed by atoms with Gasteiger partial charge in [-0.25, -0.2) is 14.4 Å². The number of imidazole rings is 1. The molecule has 4 aromatic rings. The normalized spacial score (nSPS) is 16.9. The molecule has 3 heterocycles. The van der Waals surface area contributed by atoms with Crippen LogP contribution in [0, 0.1) is 12.7 Å². The first-order valence-corrected chi connectivity index (χ1v) is 11.1. The molecule has 0 radical (unpaired) electrons. The van der Waals surface area contributed by atoms with E-state index >= 15 is 0 Å². The highest BCUT2D eigenvalue weighted by Gasteiger charge is 2.26. The van der Waals surface area contributed by atoms with E-state index in [1.807, 2.05) is 25.1 Å². The Morgan fingerprint density at radius 3 is 2.88 bits per heavy atom. The van der Waals surface area contributed by atoms with E-state index in [1.54, 1.807) is 20.3 Å². The van der Waals surface area contributed by atoms with Crippen LogP contribution in [0.25, 0.3) is 22.5 Å². The van der Waals surface area contributed by atoms with Gasteiger partial charge in [0.1, 0.15) is 17.4 Å². The molecule has 0 spiro atoms. The Kier molecular flexibility index (Phi) is 5.76. The fourth-order valence-electron chi connectivity index (χ4n) is 4.57. The van der Waals surface area contributed by atoms with Gasteiger partial charge in [0.25, 0.3) is 0 Å². The average Bonchev–Trinajstić information content (AvgIpc) is 3.41. The summed E-state index contributed by atoms with van der Waals surface area (Å²) in [7, 11) is 3.22. The predicted octanol–water partition coefficient (Wildman–Crippen LogP) is 5.06. The van der Waals surface area contributed by atoms with Gasteiger partial charge < -0.3 is 18.9 Å². The maximum Gasteiger partial charge on any atom is 0.230 e. The number of para-hydroxylation sites is 1. The number of benzene rings is 2. The highest BCUT2D eigenvalue weighted by molar-refractivity contribution is 5.75. The summed E-state index contributed by atoms with van der Waals surface area (Å²) in [5, 5.41) is 0. The Labute approximate surface area is 191 Å². The van der Waals surface area contributed by atoms with Crippen LogP contribution in [0.2, 0.25) is 0 Å². The maximum atomic E-state index is 13.6. The van der Waals surface area contributed by atoms with E-state index < -0.39 is 0 Å². The van der Waals surface area contributed by atoms with Gasteiger partial charge in [-0.1, -0.05) is 6.07 Å². The minimum absolute atomic E-state index is 0.257. The lowest BCUT2D eigenvalue weighted by molar-refractivity contribution is 0.194. The van der Waals surface area contributed by atoms with E-state index in [4.69, 9.17) is 23.9 Å². The molecule has 1 N–H and O–H groups in total. The molecule has 8 heteroatoms. The van der Waals surface area contributed by atoms with Gasteiger partial charge in [0.05, 0.1) is 36.5 Å². The number of nitrogens with zero attached hydrogens (tertiary/aromatic N) is 3. The largest absolute Gasteiger partial charge is 0.493 e. The second kappa shape index (κ2) is 8.86. The Morgan fingerprint density at radius 2 is 2.06 bits per heavy atom. The Hall–Kier alpha value is -3.39. The van der Waals surface area contributed by atoms with Crippen molar-refractivity contribution in [3.63, 3.8) is 0 Å². The van der Waals surface area contributed by atoms with Crippen LogP contribution in [0.5, 0.6) is 11.5 Å². The summed E-state index contributed by atoms with van der Waals surface area (Å²) >= 11 is 0. The van der Waals surface area contributed by atoms with Gasteiger partial charge in [0.2, 0.25) is 5.89 Å². The van der Waals surface area contributed by atoms with Gasteiger partial charge >= 0.3 is 0 Å². The summed E-state index contributed by atoms with van der Waals surface area (Å²) in [5.41, 5.74) is 3.21. The van der Waals surface area contributed by atoms with E-state index in [0.717, 1.165) is 59.8 Å². The first kappa shape index (κ1) is 21.5. The zero-order valence-electron chi connectivity index (χ0n) is 19.0. The number of ether oxygens (including phenoxy) is 2. The molecular weight excluding hydrogens is 423 g/mol. The number of aryl methyl sites for hydroxylation is 1. The SMILES string of the molecule is COc1cccc(-c2nc(CN3CCCC(c4nc5ccc(F)cc5[nH]4)C3)c(C)o2)c1OC. The minimum atomic E-state index is -0.257. The molecule has 1 aliphatic rings. The molecule has 33 heavy (non-hydrogen) atoms. The summed E-state index contributed by atoms with van der Waals surface area (Å²) < 4.78 is 30.5. The van der Waals surface area contributed by atoms with Crippen LogP contribution in [0.1, 0.15) is 36.0 Å². The second-order valence-corrected chi connectivity index (χ2v) is 8.42. The van der Waals surface area contributed by atoms with Crippen molar-refractivity contribution in [1.29, 1.82) is 0 Å². The number of nitrogens with one attached hydrogen (secondary N) is 1. The molecule has 0 bridgehead atoms. The standard InChI is InChI=1S/C25H27FN4O3/c1-15-21(29-25(33-15)18-7-4-8-22(31-2)23(18)32-3)14-30-11-5-6-16(13-30)24-27-19-10-9-17(26)12-20(19)28-24/h4,7-10,12,16H,5-6,11,13-14H2,1-3H3,(H,27,28). The van der Waals surface area contributed by atoms with E-state index in [0.29, 0.717) is 23.9 Å². The van der Waals surface area contributed by atoms with Crippen LogP contribution in [-0.4, -0.2) is 47.2 Å². The van der Waals surface area contributed by atoms with Crippen LogP contribution < -0.4 is 9.47 Å². The van der Waals surface area contributed by atoms with Crippen molar-refractivity contribution in [3.8, 4) is 23.0 Å². The molecule has 7 nitrogen and oxygen atoms in total. The molecule has 1 aliphatic heterocycles. The van der Waals surface area contributed by atoms with Gasteiger partial charge in [-0.3, -0.25) is 4.90 Å². The number of fused-ring (bicyclic) bond motifs is 1. The number of aromatic nitrogens is 3. The number of rotatable bonds is 6. The number of H-pyrrole nitrogens is 1. The third-order valence-electron chi connectivity index (χ3n) is 6.25. The lowest BCUT2D eigenvalue weighted by Crippen LogP contribution is -2.34. The number of piperidine rings is 1. The number of halogens is 1. The fraction of sp³-hybridized carbons (Fsp3) is 0.360. The summed E-state index contributed by atoms with van der Waals surface area (Å²) in [6, 6.07) is 10.3. The first-order chi connectivity index (χ1) is 16.1. The predicted molar refractivity (Wildman–Crippen MR) is 123 cm³/mol. The Bertz CT molecular complexity index is 1280. The maximum absolute atomic E-state index is 13.6. The summed E-state index contributed by atoms with van der Waals surface area (Å²) in [6.45, 7) is 4.46. The third-order valence-corrected chi connectivity index (χ3v) is 6.25. The minimum Gasteiger partial charge on any atom is -0.493 e. The van der Waals surface area contributed by atoms with Gasteiger partial charge in [-0.2, -0.15) is 0 Å². The number of hydrogen-bond acceptors (Lipinski definition) is 6. The van der Waals surface area contributed by atoms with E-state index in [-0.39, 0.29) is 11.7 Å². The Balaban J connectivity index is 1.35.